The van der Waals surface area contributed by atoms with Crippen LogP contribution in [0.15, 0.2) is 0 Å². The van der Waals surface area contributed by atoms with Gasteiger partial charge in [-0.3, -0.25) is 4.79 Å². The molecule has 1 N–H and O–H groups in total. The van der Waals surface area contributed by atoms with Gasteiger partial charge in [-0.2, -0.15) is 11.8 Å². The number of hydrogen-bond acceptors (Lipinski definition) is 5. The summed E-state index contributed by atoms with van der Waals surface area (Å²) in [5.41, 5.74) is -0.582. The summed E-state index contributed by atoms with van der Waals surface area (Å²) in [5.74, 6) is -0.172. The molecule has 1 aliphatic heterocycles. The van der Waals surface area contributed by atoms with Crippen molar-refractivity contribution in [2.75, 3.05) is 26.9 Å². The lowest BCUT2D eigenvalue weighted by Gasteiger charge is -2.32. The van der Waals surface area contributed by atoms with Gasteiger partial charge in [-0.05, 0) is 32.7 Å². The molecule has 1 heterocycles. The highest BCUT2D eigenvalue weighted by Crippen LogP contribution is 2.30. The average molecular weight is 289 g/mol. The number of ether oxygens (including phenoxy) is 2. The van der Waals surface area contributed by atoms with Crippen molar-refractivity contribution in [3.8, 4) is 0 Å². The molecule has 0 aromatic carbocycles. The third kappa shape index (κ3) is 5.32. The highest BCUT2D eigenvalue weighted by Gasteiger charge is 2.35. The summed E-state index contributed by atoms with van der Waals surface area (Å²) in [5, 5.41) is 4.35. The maximum absolute atomic E-state index is 11.9. The van der Waals surface area contributed by atoms with E-state index >= 15 is 0 Å². The van der Waals surface area contributed by atoms with Crippen LogP contribution in [0.1, 0.15) is 40.0 Å². The van der Waals surface area contributed by atoms with Crippen LogP contribution in [0.3, 0.4) is 0 Å². The van der Waals surface area contributed by atoms with Crippen LogP contribution in [0.25, 0.3) is 0 Å². The summed E-state index contributed by atoms with van der Waals surface area (Å²) in [7, 11) is 1.45. The number of nitrogens with one attached hydrogen (secondary N) is 1. The maximum Gasteiger partial charge on any atom is 0.325 e. The quantitative estimate of drug-likeness (QED) is 0.728. The third-order valence-corrected chi connectivity index (χ3v) is 4.98. The molecule has 1 fully saturated rings. The summed E-state index contributed by atoms with van der Waals surface area (Å²) in [4.78, 5) is 11.9. The van der Waals surface area contributed by atoms with Gasteiger partial charge in [-0.1, -0.05) is 13.8 Å². The fraction of sp³-hybridized carbons (Fsp3) is 0.929. The zero-order valence-corrected chi connectivity index (χ0v) is 13.3. The van der Waals surface area contributed by atoms with Crippen molar-refractivity contribution >= 4 is 17.7 Å². The second kappa shape index (κ2) is 8.12. The highest BCUT2D eigenvalue weighted by molar-refractivity contribution is 8.00. The van der Waals surface area contributed by atoms with Gasteiger partial charge >= 0.3 is 5.97 Å². The molecule has 0 saturated carbocycles. The molecule has 4 nitrogen and oxygen atoms in total. The number of likely N-dealkylation sites (N-methyl/N-ethyl adjacent to an activating group) is 1. The Labute approximate surface area is 121 Å². The van der Waals surface area contributed by atoms with Crippen molar-refractivity contribution < 1.29 is 14.3 Å². The van der Waals surface area contributed by atoms with E-state index < -0.39 is 5.54 Å². The van der Waals surface area contributed by atoms with Crippen molar-refractivity contribution in [2.45, 2.75) is 56.1 Å². The van der Waals surface area contributed by atoms with Gasteiger partial charge in [-0.15, -0.1) is 0 Å². The number of thioether (sulfide) groups is 1. The number of hydrogen-bond donors (Lipinski definition) is 1. The minimum atomic E-state index is -0.582. The minimum absolute atomic E-state index is 0.172. The topological polar surface area (TPSA) is 47.6 Å². The van der Waals surface area contributed by atoms with E-state index in [1.165, 1.54) is 7.11 Å². The fourth-order valence-corrected chi connectivity index (χ4v) is 4.16. The van der Waals surface area contributed by atoms with Gasteiger partial charge in [-0.25, -0.2) is 0 Å². The number of esters is 1. The predicted molar refractivity (Wildman–Crippen MR) is 79.6 cm³/mol. The normalized spacial score (nSPS) is 21.7. The number of carbonyl (C=O) groups is 1. The van der Waals surface area contributed by atoms with Gasteiger partial charge in [0, 0.05) is 23.7 Å². The highest BCUT2D eigenvalue weighted by atomic mass is 32.2. The van der Waals surface area contributed by atoms with Crippen LogP contribution in [0, 0.1) is 0 Å². The van der Waals surface area contributed by atoms with E-state index in [1.807, 2.05) is 25.6 Å². The van der Waals surface area contributed by atoms with Crippen molar-refractivity contribution in [3.05, 3.63) is 0 Å². The molecule has 2 atom stereocenters. The van der Waals surface area contributed by atoms with Crippen LogP contribution in [0.4, 0.5) is 0 Å². The number of rotatable bonds is 7. The van der Waals surface area contributed by atoms with Gasteiger partial charge in [0.15, 0.2) is 0 Å². The van der Waals surface area contributed by atoms with E-state index in [0.29, 0.717) is 10.5 Å². The SMILES string of the molecule is CCNC(C)(CC(C)SC1CCOCC1)C(=O)OC. The van der Waals surface area contributed by atoms with Gasteiger partial charge in [0.1, 0.15) is 5.54 Å². The fourth-order valence-electron chi connectivity index (χ4n) is 2.61. The molecular formula is C14H27NO3S. The van der Waals surface area contributed by atoms with E-state index in [-0.39, 0.29) is 5.97 Å². The van der Waals surface area contributed by atoms with Crippen LogP contribution in [-0.4, -0.2) is 48.9 Å². The molecule has 0 amide bonds. The smallest absolute Gasteiger partial charge is 0.325 e. The largest absolute Gasteiger partial charge is 0.468 e. The van der Waals surface area contributed by atoms with Crippen LogP contribution >= 0.6 is 11.8 Å². The summed E-state index contributed by atoms with van der Waals surface area (Å²) >= 11 is 1.97. The summed E-state index contributed by atoms with van der Waals surface area (Å²) in [6.07, 6.45) is 3.02. The molecule has 0 aromatic rings. The molecule has 0 aromatic heterocycles. The Morgan fingerprint density at radius 3 is 2.68 bits per heavy atom. The van der Waals surface area contributed by atoms with E-state index in [2.05, 4.69) is 12.2 Å². The number of methoxy groups -OCH3 is 1. The zero-order valence-electron chi connectivity index (χ0n) is 12.5. The minimum Gasteiger partial charge on any atom is -0.468 e. The summed E-state index contributed by atoms with van der Waals surface area (Å²) in [6, 6.07) is 0. The predicted octanol–water partition coefficient (Wildman–Crippen LogP) is 2.22. The molecule has 5 heteroatoms. The van der Waals surface area contributed by atoms with Crippen LogP contribution in [-0.2, 0) is 14.3 Å². The molecule has 0 aliphatic carbocycles. The Hall–Kier alpha value is -0.260. The Kier molecular flexibility index (Phi) is 7.18. The van der Waals surface area contributed by atoms with Crippen LogP contribution < -0.4 is 5.32 Å². The molecular weight excluding hydrogens is 262 g/mol. The first kappa shape index (κ1) is 16.8. The van der Waals surface area contributed by atoms with Gasteiger partial charge in [0.05, 0.1) is 7.11 Å². The lowest BCUT2D eigenvalue weighted by molar-refractivity contribution is -0.148. The van der Waals surface area contributed by atoms with E-state index in [9.17, 15) is 4.79 Å². The Morgan fingerprint density at radius 1 is 1.53 bits per heavy atom. The second-order valence-electron chi connectivity index (χ2n) is 5.32. The first-order valence-corrected chi connectivity index (χ1v) is 8.02. The molecule has 19 heavy (non-hydrogen) atoms. The summed E-state index contributed by atoms with van der Waals surface area (Å²) < 4.78 is 10.3. The first-order valence-electron chi connectivity index (χ1n) is 7.08. The Balaban J connectivity index is 2.50. The average Bonchev–Trinajstić information content (AvgIpc) is 2.38. The van der Waals surface area contributed by atoms with Gasteiger partial charge < -0.3 is 14.8 Å². The van der Waals surface area contributed by atoms with E-state index in [1.54, 1.807) is 0 Å². The second-order valence-corrected chi connectivity index (χ2v) is 7.06. The first-order chi connectivity index (χ1) is 9.01. The molecule has 1 aliphatic rings. The molecule has 0 spiro atoms. The van der Waals surface area contributed by atoms with Crippen LogP contribution in [0.2, 0.25) is 0 Å². The lowest BCUT2D eigenvalue weighted by Crippen LogP contribution is -2.51. The monoisotopic (exact) mass is 289 g/mol. The van der Waals surface area contributed by atoms with Gasteiger partial charge in [0.25, 0.3) is 0 Å². The van der Waals surface area contributed by atoms with Gasteiger partial charge in [0.2, 0.25) is 0 Å². The molecule has 1 rings (SSSR count). The molecule has 0 bridgehead atoms. The lowest BCUT2D eigenvalue weighted by atomic mass is 9.96. The third-order valence-electron chi connectivity index (χ3n) is 3.49. The van der Waals surface area contributed by atoms with Crippen molar-refractivity contribution in [1.29, 1.82) is 0 Å². The molecule has 1 saturated heterocycles. The van der Waals surface area contributed by atoms with Crippen molar-refractivity contribution in [3.63, 3.8) is 0 Å². The Bertz CT molecular complexity index is 282. The molecule has 2 unspecified atom stereocenters. The molecule has 0 radical (unpaired) electrons. The van der Waals surface area contributed by atoms with Crippen molar-refractivity contribution in [2.24, 2.45) is 0 Å². The zero-order chi connectivity index (χ0) is 14.3. The molecule has 112 valence electrons. The number of carbonyl (C=O) groups excluding carboxylic acids is 1. The Morgan fingerprint density at radius 2 is 2.16 bits per heavy atom. The van der Waals surface area contributed by atoms with Crippen molar-refractivity contribution in [1.82, 2.24) is 5.32 Å². The summed E-state index contributed by atoms with van der Waals surface area (Å²) in [6.45, 7) is 8.64. The standard InChI is InChI=1S/C14H27NO3S/c1-5-15-14(3,13(16)17-4)10-11(2)19-12-6-8-18-9-7-12/h11-12,15H,5-10H2,1-4H3. The maximum atomic E-state index is 11.9. The van der Waals surface area contributed by atoms with Crippen LogP contribution in [0.5, 0.6) is 0 Å². The van der Waals surface area contributed by atoms with E-state index in [0.717, 1.165) is 39.0 Å². The van der Waals surface area contributed by atoms with E-state index in [4.69, 9.17) is 9.47 Å².